The van der Waals surface area contributed by atoms with Gasteiger partial charge >= 0.3 is 6.03 Å². The van der Waals surface area contributed by atoms with Crippen LogP contribution in [0.5, 0.6) is 0 Å². The first-order valence-corrected chi connectivity index (χ1v) is 8.37. The second-order valence-electron chi connectivity index (χ2n) is 5.98. The largest absolute Gasteiger partial charge is 0.324 e. The van der Waals surface area contributed by atoms with Crippen LogP contribution in [0.15, 0.2) is 35.1 Å². The maximum Gasteiger partial charge on any atom is 0.324 e. The second-order valence-corrected chi connectivity index (χ2v) is 5.98. The highest BCUT2D eigenvalue weighted by Crippen LogP contribution is 2.16. The van der Waals surface area contributed by atoms with E-state index >= 15 is 0 Å². The van der Waals surface area contributed by atoms with Gasteiger partial charge in [0.25, 0.3) is 5.56 Å². The Balaban J connectivity index is 1.87. The number of benzene rings is 1. The van der Waals surface area contributed by atoms with Gasteiger partial charge in [0, 0.05) is 23.0 Å². The van der Waals surface area contributed by atoms with Gasteiger partial charge in [-0.1, -0.05) is 6.92 Å². The molecule has 0 aliphatic rings. The molecule has 0 spiro atoms. The summed E-state index contributed by atoms with van der Waals surface area (Å²) in [4.78, 5) is 31.5. The smallest absolute Gasteiger partial charge is 0.308 e. The molecule has 0 aliphatic heterocycles. The summed E-state index contributed by atoms with van der Waals surface area (Å²) in [6.07, 6.45) is 0.567. The van der Waals surface area contributed by atoms with E-state index < -0.39 is 11.8 Å². The monoisotopic (exact) mass is 370 g/mol. The molecule has 2 aromatic heterocycles. The highest BCUT2D eigenvalue weighted by molar-refractivity contribution is 5.99. The van der Waals surface area contributed by atoms with Gasteiger partial charge in [-0.05, 0) is 44.5 Å². The number of hydrogen-bond acceptors (Lipinski definition) is 4. The van der Waals surface area contributed by atoms with Crippen LogP contribution in [0.1, 0.15) is 23.9 Å². The van der Waals surface area contributed by atoms with Crippen LogP contribution in [-0.2, 0) is 6.42 Å². The van der Waals surface area contributed by atoms with Crippen molar-refractivity contribution in [3.8, 4) is 5.95 Å². The molecule has 0 aliphatic carbocycles. The SMILES string of the molecule is CCc1c(C)nc(-n2nc(C)cc2NC(=O)Nc2ccc(F)cc2)[nH]c1=O. The number of hydrogen-bond donors (Lipinski definition) is 3. The lowest BCUT2D eigenvalue weighted by molar-refractivity contribution is 0.262. The van der Waals surface area contributed by atoms with Gasteiger partial charge in [0.05, 0.1) is 5.69 Å². The third kappa shape index (κ3) is 4.02. The molecule has 0 atom stereocenters. The topological polar surface area (TPSA) is 105 Å². The Bertz CT molecular complexity index is 1040. The number of aryl methyl sites for hydroxylation is 2. The number of anilines is 2. The maximum atomic E-state index is 13.0. The average Bonchev–Trinajstić information content (AvgIpc) is 2.97. The van der Waals surface area contributed by atoms with E-state index in [0.717, 1.165) is 0 Å². The minimum atomic E-state index is -0.535. The first-order valence-electron chi connectivity index (χ1n) is 8.37. The predicted octanol–water partition coefficient (Wildman–Crippen LogP) is 2.92. The molecule has 0 fully saturated rings. The first kappa shape index (κ1) is 18.3. The molecule has 3 aromatic rings. The van der Waals surface area contributed by atoms with Crippen LogP contribution >= 0.6 is 0 Å². The van der Waals surface area contributed by atoms with E-state index in [9.17, 15) is 14.0 Å². The van der Waals surface area contributed by atoms with Gasteiger partial charge in [-0.2, -0.15) is 9.78 Å². The number of urea groups is 1. The number of nitrogens with one attached hydrogen (secondary N) is 3. The molecule has 0 unspecified atom stereocenters. The third-order valence-corrected chi connectivity index (χ3v) is 3.94. The third-order valence-electron chi connectivity index (χ3n) is 3.94. The normalized spacial score (nSPS) is 10.7. The molecule has 0 saturated heterocycles. The summed E-state index contributed by atoms with van der Waals surface area (Å²) in [5, 5.41) is 9.53. The van der Waals surface area contributed by atoms with Crippen molar-refractivity contribution >= 4 is 17.5 Å². The van der Waals surface area contributed by atoms with Crippen molar-refractivity contribution < 1.29 is 9.18 Å². The summed E-state index contributed by atoms with van der Waals surface area (Å²) in [5.74, 6) is 0.148. The fraction of sp³-hybridized carbons (Fsp3) is 0.222. The van der Waals surface area contributed by atoms with E-state index in [0.29, 0.717) is 34.9 Å². The van der Waals surface area contributed by atoms with Gasteiger partial charge in [0.2, 0.25) is 5.95 Å². The van der Waals surface area contributed by atoms with Crippen LogP contribution in [0, 0.1) is 19.7 Å². The van der Waals surface area contributed by atoms with Gasteiger partial charge < -0.3 is 5.32 Å². The number of amides is 2. The Kier molecular flexibility index (Phi) is 5.02. The summed E-state index contributed by atoms with van der Waals surface area (Å²) in [6.45, 7) is 5.39. The van der Waals surface area contributed by atoms with Crippen LogP contribution in [-0.4, -0.2) is 25.8 Å². The Morgan fingerprint density at radius 3 is 2.56 bits per heavy atom. The Hall–Kier alpha value is -3.49. The predicted molar refractivity (Wildman–Crippen MR) is 99.9 cm³/mol. The molecule has 27 heavy (non-hydrogen) atoms. The molecule has 2 amide bonds. The van der Waals surface area contributed by atoms with Gasteiger partial charge in [-0.25, -0.2) is 14.2 Å². The summed E-state index contributed by atoms with van der Waals surface area (Å²) >= 11 is 0. The minimum Gasteiger partial charge on any atom is -0.308 e. The zero-order chi connectivity index (χ0) is 19.6. The fourth-order valence-electron chi connectivity index (χ4n) is 2.67. The highest BCUT2D eigenvalue weighted by atomic mass is 19.1. The fourth-order valence-corrected chi connectivity index (χ4v) is 2.67. The van der Waals surface area contributed by atoms with E-state index in [2.05, 4.69) is 25.7 Å². The number of aromatic nitrogens is 4. The van der Waals surface area contributed by atoms with E-state index in [1.165, 1.54) is 28.9 Å². The lowest BCUT2D eigenvalue weighted by atomic mass is 10.2. The Morgan fingerprint density at radius 2 is 1.93 bits per heavy atom. The number of nitrogens with zero attached hydrogens (tertiary/aromatic N) is 3. The quantitative estimate of drug-likeness (QED) is 0.657. The second kappa shape index (κ2) is 7.40. The van der Waals surface area contributed by atoms with Crippen molar-refractivity contribution in [1.29, 1.82) is 0 Å². The van der Waals surface area contributed by atoms with Crippen molar-refractivity contribution in [2.24, 2.45) is 0 Å². The molecule has 3 rings (SSSR count). The molecular weight excluding hydrogens is 351 g/mol. The summed E-state index contributed by atoms with van der Waals surface area (Å²) in [6, 6.07) is 6.50. The van der Waals surface area contributed by atoms with Gasteiger partial charge in [0.1, 0.15) is 11.6 Å². The summed E-state index contributed by atoms with van der Waals surface area (Å²) in [7, 11) is 0. The minimum absolute atomic E-state index is 0.208. The number of H-pyrrole nitrogens is 1. The van der Waals surface area contributed by atoms with Crippen LogP contribution in [0.4, 0.5) is 20.7 Å². The molecule has 140 valence electrons. The maximum absolute atomic E-state index is 13.0. The number of halogens is 1. The molecule has 1 aromatic carbocycles. The zero-order valence-electron chi connectivity index (χ0n) is 15.1. The number of aromatic amines is 1. The molecule has 0 bridgehead atoms. The lowest BCUT2D eigenvalue weighted by Gasteiger charge is -2.10. The van der Waals surface area contributed by atoms with E-state index in [-0.39, 0.29) is 11.5 Å². The van der Waals surface area contributed by atoms with Crippen molar-refractivity contribution in [1.82, 2.24) is 19.7 Å². The van der Waals surface area contributed by atoms with E-state index in [4.69, 9.17) is 0 Å². The van der Waals surface area contributed by atoms with Crippen LogP contribution in [0.2, 0.25) is 0 Å². The molecule has 3 N–H and O–H groups in total. The van der Waals surface area contributed by atoms with Crippen LogP contribution in [0.3, 0.4) is 0 Å². The zero-order valence-corrected chi connectivity index (χ0v) is 15.1. The molecule has 0 saturated carbocycles. The van der Waals surface area contributed by atoms with E-state index in [1.54, 1.807) is 19.9 Å². The Labute approximate surface area is 154 Å². The molecule has 0 radical (unpaired) electrons. The van der Waals surface area contributed by atoms with Gasteiger partial charge in [0.15, 0.2) is 0 Å². The number of rotatable bonds is 4. The molecular formula is C18H19FN6O2. The highest BCUT2D eigenvalue weighted by Gasteiger charge is 2.15. The Morgan fingerprint density at radius 1 is 1.22 bits per heavy atom. The lowest BCUT2D eigenvalue weighted by Crippen LogP contribution is -2.24. The number of carbonyl (C=O) groups is 1. The summed E-state index contributed by atoms with van der Waals surface area (Å²) < 4.78 is 14.3. The van der Waals surface area contributed by atoms with E-state index in [1.807, 2.05) is 6.92 Å². The number of carbonyl (C=O) groups excluding carboxylic acids is 1. The van der Waals surface area contributed by atoms with Crippen molar-refractivity contribution in [3.63, 3.8) is 0 Å². The van der Waals surface area contributed by atoms with Gasteiger partial charge in [-0.3, -0.25) is 15.1 Å². The van der Waals surface area contributed by atoms with Crippen molar-refractivity contribution in [3.05, 3.63) is 63.5 Å². The van der Waals surface area contributed by atoms with Crippen LogP contribution < -0.4 is 16.2 Å². The summed E-state index contributed by atoms with van der Waals surface area (Å²) in [5.41, 5.74) is 2.03. The van der Waals surface area contributed by atoms with Crippen LogP contribution in [0.25, 0.3) is 5.95 Å². The molecule has 2 heterocycles. The molecule has 9 heteroatoms. The first-order chi connectivity index (χ1) is 12.9. The average molecular weight is 370 g/mol. The molecule has 8 nitrogen and oxygen atoms in total. The standard InChI is InChI=1S/C18H19FN6O2/c1-4-14-11(3)20-17(23-16(14)26)25-15(9-10(2)24-25)22-18(27)21-13-7-5-12(19)6-8-13/h5-9H,4H2,1-3H3,(H,20,23,26)(H2,21,22,27). The van der Waals surface area contributed by atoms with Crippen molar-refractivity contribution in [2.75, 3.05) is 10.6 Å². The van der Waals surface area contributed by atoms with Crippen molar-refractivity contribution in [2.45, 2.75) is 27.2 Å². The van der Waals surface area contributed by atoms with Gasteiger partial charge in [-0.15, -0.1) is 0 Å².